The summed E-state index contributed by atoms with van der Waals surface area (Å²) in [7, 11) is 6.71. The van der Waals surface area contributed by atoms with Crippen molar-refractivity contribution in [3.8, 4) is 17.2 Å². The Morgan fingerprint density at radius 1 is 0.904 bits per heavy atom. The van der Waals surface area contributed by atoms with Gasteiger partial charge in [-0.05, 0) is 67.3 Å². The molecular weight excluding hydrogens is 777 g/mol. The topological polar surface area (TPSA) is 141 Å². The summed E-state index contributed by atoms with van der Waals surface area (Å²) >= 11 is 17.9. The van der Waals surface area contributed by atoms with E-state index in [1.807, 2.05) is 43.3 Å². The summed E-state index contributed by atoms with van der Waals surface area (Å²) in [4.78, 5) is 56.5. The summed E-state index contributed by atoms with van der Waals surface area (Å²) in [5, 5.41) is 20.0. The fourth-order valence-electron chi connectivity index (χ4n) is 8.09. The van der Waals surface area contributed by atoms with Gasteiger partial charge in [-0.2, -0.15) is 10.2 Å². The second-order valence-electron chi connectivity index (χ2n) is 13.4. The average Bonchev–Trinajstić information content (AvgIpc) is 3.48. The number of fused-ring (bicyclic) bond motifs is 4. The highest BCUT2D eigenvalue weighted by Gasteiger charge is 2.76. The largest absolute Gasteiger partial charge is 0.507 e. The minimum Gasteiger partial charge on any atom is -0.507 e. The zero-order chi connectivity index (χ0) is 37.3. The second-order valence-corrected chi connectivity index (χ2v) is 15.1. The van der Waals surface area contributed by atoms with Gasteiger partial charge in [-0.15, -0.1) is 23.2 Å². The number of halogens is 3. The second kappa shape index (κ2) is 13.2. The third-order valence-electron chi connectivity index (χ3n) is 10.6. The van der Waals surface area contributed by atoms with Crippen LogP contribution in [0.4, 0.5) is 22.7 Å². The molecule has 2 saturated heterocycles. The number of azo groups is 1. The van der Waals surface area contributed by atoms with Crippen LogP contribution in [0.15, 0.2) is 82.5 Å². The number of phenols is 1. The molecule has 0 bridgehead atoms. The van der Waals surface area contributed by atoms with Crippen molar-refractivity contribution in [1.29, 1.82) is 0 Å². The van der Waals surface area contributed by atoms with E-state index in [0.29, 0.717) is 22.6 Å². The number of aromatic hydroxyl groups is 1. The Morgan fingerprint density at radius 3 is 2.12 bits per heavy atom. The summed E-state index contributed by atoms with van der Waals surface area (Å²) in [6.07, 6.45) is 1.74. The van der Waals surface area contributed by atoms with Gasteiger partial charge >= 0.3 is 0 Å². The van der Waals surface area contributed by atoms with E-state index in [0.717, 1.165) is 15.5 Å². The normalized spacial score (nSPS) is 28.2. The third-order valence-corrected chi connectivity index (χ3v) is 12.5. The Bertz CT molecular complexity index is 2060. The Hall–Kier alpha value is -4.46. The van der Waals surface area contributed by atoms with E-state index >= 15 is 0 Å². The van der Waals surface area contributed by atoms with Gasteiger partial charge in [-0.25, -0.2) is 0 Å². The lowest BCUT2D eigenvalue weighted by Gasteiger charge is -2.51. The first-order chi connectivity index (χ1) is 24.8. The third kappa shape index (κ3) is 5.22. The molecule has 12 nitrogen and oxygen atoms in total. The molecule has 3 fully saturated rings. The molecule has 3 aromatic carbocycles. The van der Waals surface area contributed by atoms with Crippen molar-refractivity contribution in [3.63, 3.8) is 0 Å². The van der Waals surface area contributed by atoms with Gasteiger partial charge < -0.3 is 19.5 Å². The monoisotopic (exact) mass is 809 g/mol. The van der Waals surface area contributed by atoms with E-state index in [2.05, 4.69) is 26.2 Å². The minimum absolute atomic E-state index is 0.113. The molecule has 1 saturated carbocycles. The van der Waals surface area contributed by atoms with Crippen LogP contribution in [0, 0.1) is 17.8 Å². The number of hydrogen-bond acceptors (Lipinski definition) is 10. The van der Waals surface area contributed by atoms with Gasteiger partial charge in [0.1, 0.15) is 17.2 Å². The van der Waals surface area contributed by atoms with Crippen molar-refractivity contribution >= 4 is 85.5 Å². The van der Waals surface area contributed by atoms with Crippen molar-refractivity contribution in [1.82, 2.24) is 4.90 Å². The molecule has 2 aliphatic carbocycles. The molecule has 0 spiro atoms. The highest BCUT2D eigenvalue weighted by Crippen LogP contribution is 2.67. The molecule has 15 heteroatoms. The molecule has 7 rings (SSSR count). The number of phenolic OH excluding ortho intramolecular Hbond substituents is 1. The van der Waals surface area contributed by atoms with E-state index < -0.39 is 57.0 Å². The molecule has 6 atom stereocenters. The zero-order valence-corrected chi connectivity index (χ0v) is 31.6. The fraction of sp³-hybridized carbons (Fsp3) is 0.351. The standard InChI is InChI=1S/C37H34BrCl2N5O7/c1-43(2)21-9-5-19(6-10-21)41-42-20-7-11-22(12-8-20)45-32(47)25-14-13-24-26(29(25)33(45)48)17-36(39)34(49)44(18-38)35(50)37(36,40)31(24)30-27(46)15-23(51-3)16-28(30)52-4/h5-13,15-16,25-26,29,31,46H,14,17-18H2,1-4H3/t25-,26+,29-,31+,36+,37-/m0/s1. The Labute approximate surface area is 318 Å². The lowest BCUT2D eigenvalue weighted by atomic mass is 9.56. The molecule has 2 heterocycles. The smallest absolute Gasteiger partial charge is 0.254 e. The first-order valence-corrected chi connectivity index (χ1v) is 18.3. The quantitative estimate of drug-likeness (QED) is 0.0861. The number of benzene rings is 3. The van der Waals surface area contributed by atoms with Crippen LogP contribution in [0.5, 0.6) is 17.2 Å². The number of carbonyl (C=O) groups excluding carboxylic acids is 4. The number of nitrogens with zero attached hydrogens (tertiary/aromatic N) is 5. The molecule has 0 radical (unpaired) electrons. The maximum absolute atomic E-state index is 14.4. The first kappa shape index (κ1) is 35.9. The van der Waals surface area contributed by atoms with Crippen LogP contribution in [0.1, 0.15) is 24.3 Å². The van der Waals surface area contributed by atoms with Gasteiger partial charge in [0.15, 0.2) is 9.75 Å². The lowest BCUT2D eigenvalue weighted by molar-refractivity contribution is -0.138. The van der Waals surface area contributed by atoms with E-state index in [9.17, 15) is 24.3 Å². The highest BCUT2D eigenvalue weighted by molar-refractivity contribution is 9.09. The first-order valence-electron chi connectivity index (χ1n) is 16.4. The van der Waals surface area contributed by atoms with Gasteiger partial charge in [0.05, 0.1) is 48.6 Å². The molecule has 0 aromatic heterocycles. The Morgan fingerprint density at radius 2 is 1.54 bits per heavy atom. The maximum Gasteiger partial charge on any atom is 0.254 e. The number of amides is 4. The number of hydrogen-bond donors (Lipinski definition) is 1. The van der Waals surface area contributed by atoms with Crippen molar-refractivity contribution in [3.05, 3.63) is 77.9 Å². The molecular formula is C37H34BrCl2N5O7. The summed E-state index contributed by atoms with van der Waals surface area (Å²) in [5.74, 6) is -5.95. The van der Waals surface area contributed by atoms with Crippen LogP contribution in [0.2, 0.25) is 0 Å². The van der Waals surface area contributed by atoms with E-state index in [1.54, 1.807) is 30.3 Å². The molecule has 2 aliphatic heterocycles. The van der Waals surface area contributed by atoms with Gasteiger partial charge in [0, 0.05) is 43.4 Å². The Balaban J connectivity index is 1.25. The van der Waals surface area contributed by atoms with Crippen molar-refractivity contribution in [2.75, 3.05) is 43.6 Å². The predicted molar refractivity (Wildman–Crippen MR) is 198 cm³/mol. The van der Waals surface area contributed by atoms with Gasteiger partial charge in [-0.3, -0.25) is 29.0 Å². The van der Waals surface area contributed by atoms with E-state index in [-0.39, 0.29) is 41.1 Å². The van der Waals surface area contributed by atoms with Crippen LogP contribution in [0.3, 0.4) is 0 Å². The van der Waals surface area contributed by atoms with Gasteiger partial charge in [0.2, 0.25) is 11.8 Å². The molecule has 270 valence electrons. The molecule has 1 N–H and O–H groups in total. The Kier molecular flexibility index (Phi) is 9.11. The van der Waals surface area contributed by atoms with Crippen molar-refractivity contribution < 1.29 is 33.8 Å². The summed E-state index contributed by atoms with van der Waals surface area (Å²) in [6, 6.07) is 17.1. The fourth-order valence-corrected chi connectivity index (χ4v) is 9.50. The summed E-state index contributed by atoms with van der Waals surface area (Å²) in [6.45, 7) is 0. The predicted octanol–water partition coefficient (Wildman–Crippen LogP) is 6.81. The van der Waals surface area contributed by atoms with Crippen LogP contribution >= 0.6 is 39.1 Å². The molecule has 52 heavy (non-hydrogen) atoms. The minimum atomic E-state index is -2.11. The number of anilines is 2. The van der Waals surface area contributed by atoms with Crippen molar-refractivity contribution in [2.24, 2.45) is 28.0 Å². The zero-order valence-electron chi connectivity index (χ0n) is 28.5. The van der Waals surface area contributed by atoms with E-state index in [4.69, 9.17) is 32.7 Å². The van der Waals surface area contributed by atoms with E-state index in [1.165, 1.54) is 26.4 Å². The molecule has 4 amide bonds. The SMILES string of the molecule is COc1cc(O)c([C@H]2C3=CC[C@@H]4C(=O)N(c5ccc(N=Nc6ccc(N(C)C)cc6)cc5)C(=O)[C@@H]4[C@@H]3C[C@@]3(Cl)C(=O)N(CBr)C(=O)[C@@]23Cl)c(OC)c1. The van der Waals surface area contributed by atoms with Crippen LogP contribution in [-0.4, -0.2) is 77.2 Å². The number of alkyl halides is 3. The number of rotatable bonds is 8. The number of methoxy groups -OCH3 is 2. The number of allylic oxidation sites excluding steroid dienone is 2. The van der Waals surface area contributed by atoms with Gasteiger partial charge in [-0.1, -0.05) is 27.6 Å². The van der Waals surface area contributed by atoms with Crippen LogP contribution in [-0.2, 0) is 19.2 Å². The van der Waals surface area contributed by atoms with Crippen molar-refractivity contribution in [2.45, 2.75) is 28.5 Å². The van der Waals surface area contributed by atoms with Crippen LogP contribution in [0.25, 0.3) is 0 Å². The van der Waals surface area contributed by atoms with Gasteiger partial charge in [0.25, 0.3) is 11.8 Å². The molecule has 4 aliphatic rings. The average molecular weight is 812 g/mol. The summed E-state index contributed by atoms with van der Waals surface area (Å²) in [5.41, 5.74) is 3.02. The number of carbonyl (C=O) groups is 4. The molecule has 0 unspecified atom stereocenters. The highest BCUT2D eigenvalue weighted by atomic mass is 79.9. The number of ether oxygens (including phenoxy) is 2. The number of likely N-dealkylation sites (tertiary alicyclic amines) is 1. The van der Waals surface area contributed by atoms with Crippen LogP contribution < -0.4 is 19.3 Å². The lowest BCUT2D eigenvalue weighted by Crippen LogP contribution is -2.60. The maximum atomic E-state index is 14.4. The summed E-state index contributed by atoms with van der Waals surface area (Å²) < 4.78 is 11.0. The molecule has 3 aromatic rings. The number of imide groups is 2.